The Labute approximate surface area is 198 Å². The predicted octanol–water partition coefficient (Wildman–Crippen LogP) is 3.96. The van der Waals surface area contributed by atoms with Crippen LogP contribution in [-0.2, 0) is 27.5 Å². The van der Waals surface area contributed by atoms with Gasteiger partial charge in [-0.2, -0.15) is 0 Å². The second-order valence-corrected chi connectivity index (χ2v) is 8.09. The van der Waals surface area contributed by atoms with E-state index >= 15 is 0 Å². The third kappa shape index (κ3) is 4.29. The number of benzene rings is 3. The van der Waals surface area contributed by atoms with Crippen LogP contribution in [0.1, 0.15) is 12.5 Å². The molecule has 0 fully saturated rings. The molecule has 1 N–H and O–H groups in total. The Morgan fingerprint density at radius 2 is 1.54 bits per heavy atom. The van der Waals surface area contributed by atoms with E-state index in [1.807, 2.05) is 12.1 Å². The lowest BCUT2D eigenvalue weighted by molar-refractivity contribution is -0.145. The fourth-order valence-electron chi connectivity index (χ4n) is 4.21. The average Bonchev–Trinajstić information content (AvgIpc) is 2.84. The smallest absolute Gasteiger partial charge is 0.336 e. The molecule has 2 aromatic heterocycles. The zero-order valence-electron chi connectivity index (χ0n) is 18.7. The highest BCUT2D eigenvalue weighted by Crippen LogP contribution is 2.23. The molecular weight excluding hydrogens is 448 g/mol. The number of para-hydroxylation sites is 2. The van der Waals surface area contributed by atoms with Gasteiger partial charge in [-0.15, -0.1) is 0 Å². The van der Waals surface area contributed by atoms with Gasteiger partial charge in [0.2, 0.25) is 5.91 Å². The van der Waals surface area contributed by atoms with Crippen LogP contribution in [0.25, 0.3) is 32.8 Å². The van der Waals surface area contributed by atoms with Crippen LogP contribution in [0.4, 0.5) is 5.69 Å². The number of pyridine rings is 1. The van der Waals surface area contributed by atoms with Crippen LogP contribution in [0, 0.1) is 0 Å². The van der Waals surface area contributed by atoms with Crippen molar-refractivity contribution in [3.63, 3.8) is 0 Å². The number of rotatable bonds is 5. The lowest BCUT2D eigenvalue weighted by Crippen LogP contribution is -2.18. The number of nitrogens with one attached hydrogen (secondary N) is 1. The fourth-order valence-corrected chi connectivity index (χ4v) is 4.21. The lowest BCUT2D eigenvalue weighted by Gasteiger charge is -2.15. The Morgan fingerprint density at radius 1 is 0.886 bits per heavy atom. The molecular formula is C27H20N2O6. The zero-order chi connectivity index (χ0) is 24.5. The number of aromatic nitrogens is 1. The summed E-state index contributed by atoms with van der Waals surface area (Å²) in [6.45, 7) is 1.12. The number of carbonyl (C=O) groups is 2. The highest BCUT2D eigenvalue weighted by molar-refractivity contribution is 5.95. The van der Waals surface area contributed by atoms with Gasteiger partial charge < -0.3 is 19.0 Å². The van der Waals surface area contributed by atoms with E-state index in [-0.39, 0.29) is 30.1 Å². The van der Waals surface area contributed by atoms with Crippen molar-refractivity contribution in [1.29, 1.82) is 0 Å². The minimum absolute atomic E-state index is 0.0954. The molecule has 0 atom stereocenters. The van der Waals surface area contributed by atoms with E-state index in [4.69, 9.17) is 9.15 Å². The maximum atomic E-state index is 12.9. The van der Waals surface area contributed by atoms with Gasteiger partial charge >= 0.3 is 11.6 Å². The van der Waals surface area contributed by atoms with Gasteiger partial charge in [0.25, 0.3) is 0 Å². The summed E-state index contributed by atoms with van der Waals surface area (Å²) in [6, 6.07) is 20.4. The van der Waals surface area contributed by atoms with Crippen molar-refractivity contribution in [2.75, 3.05) is 5.32 Å². The Kier molecular flexibility index (Phi) is 5.62. The van der Waals surface area contributed by atoms with Gasteiger partial charge in [-0.25, -0.2) is 4.79 Å². The minimum atomic E-state index is -0.596. The summed E-state index contributed by atoms with van der Waals surface area (Å²) < 4.78 is 12.5. The molecule has 8 nitrogen and oxygen atoms in total. The van der Waals surface area contributed by atoms with Crippen LogP contribution in [0.15, 0.2) is 86.8 Å². The maximum absolute atomic E-state index is 12.9. The first-order chi connectivity index (χ1) is 16.9. The first-order valence-corrected chi connectivity index (χ1v) is 10.9. The van der Waals surface area contributed by atoms with Crippen LogP contribution < -0.4 is 16.4 Å². The van der Waals surface area contributed by atoms with Crippen molar-refractivity contribution >= 4 is 50.3 Å². The molecule has 5 aromatic rings. The van der Waals surface area contributed by atoms with Gasteiger partial charge in [0, 0.05) is 46.5 Å². The lowest BCUT2D eigenvalue weighted by atomic mass is 10.1. The number of hydrogen-bond acceptors (Lipinski definition) is 6. The molecule has 0 saturated carbocycles. The third-order valence-electron chi connectivity index (χ3n) is 5.71. The standard InChI is InChI=1S/C27H20N2O6/c1-16(30)28-18-10-11-19-17(12-25(31)35-24(19)13-18)15-34-26(32)14-29-22-8-4-2-6-20(22)27(33)21-7-3-5-9-23(21)29/h2-13H,14-15H2,1H3,(H,28,30). The number of carbonyl (C=O) groups excluding carboxylic acids is 2. The summed E-state index contributed by atoms with van der Waals surface area (Å²) in [6.07, 6.45) is 0. The molecule has 1 amide bonds. The highest BCUT2D eigenvalue weighted by atomic mass is 16.5. The Morgan fingerprint density at radius 3 is 2.20 bits per heavy atom. The van der Waals surface area contributed by atoms with Crippen molar-refractivity contribution in [2.24, 2.45) is 0 Å². The first kappa shape index (κ1) is 22.1. The first-order valence-electron chi connectivity index (χ1n) is 10.9. The third-order valence-corrected chi connectivity index (χ3v) is 5.71. The van der Waals surface area contributed by atoms with Crippen LogP contribution in [0.5, 0.6) is 0 Å². The Balaban J connectivity index is 1.45. The number of esters is 1. The summed E-state index contributed by atoms with van der Waals surface area (Å²) >= 11 is 0. The molecule has 0 bridgehead atoms. The number of amides is 1. The summed E-state index contributed by atoms with van der Waals surface area (Å²) in [7, 11) is 0. The maximum Gasteiger partial charge on any atom is 0.336 e. The van der Waals surface area contributed by atoms with Gasteiger partial charge in [0.05, 0.1) is 11.0 Å². The molecule has 0 aliphatic rings. The van der Waals surface area contributed by atoms with Crippen molar-refractivity contribution in [2.45, 2.75) is 20.1 Å². The summed E-state index contributed by atoms with van der Waals surface area (Å²) in [4.78, 5) is 49.2. The fraction of sp³-hybridized carbons (Fsp3) is 0.111. The number of ether oxygens (including phenoxy) is 1. The highest BCUT2D eigenvalue weighted by Gasteiger charge is 2.15. The SMILES string of the molecule is CC(=O)Nc1ccc2c(COC(=O)Cn3c4ccccc4c(=O)c4ccccc43)cc(=O)oc2c1. The summed E-state index contributed by atoms with van der Waals surface area (Å²) in [5.41, 5.74) is 1.80. The van der Waals surface area contributed by atoms with E-state index in [2.05, 4.69) is 5.32 Å². The molecule has 0 aliphatic carbocycles. The molecule has 8 heteroatoms. The van der Waals surface area contributed by atoms with Crippen LogP contribution in [0.3, 0.4) is 0 Å². The second-order valence-electron chi connectivity index (χ2n) is 8.09. The summed E-state index contributed by atoms with van der Waals surface area (Å²) in [5, 5.41) is 4.25. The predicted molar refractivity (Wildman–Crippen MR) is 132 cm³/mol. The molecule has 5 rings (SSSR count). The topological polar surface area (TPSA) is 108 Å². The number of nitrogens with zero attached hydrogens (tertiary/aromatic N) is 1. The van der Waals surface area contributed by atoms with Gasteiger partial charge in [-0.1, -0.05) is 24.3 Å². The van der Waals surface area contributed by atoms with E-state index in [1.165, 1.54) is 13.0 Å². The van der Waals surface area contributed by atoms with Crippen molar-refractivity contribution in [3.05, 3.63) is 99.0 Å². The zero-order valence-corrected chi connectivity index (χ0v) is 18.7. The van der Waals surface area contributed by atoms with Gasteiger partial charge in [-0.3, -0.25) is 14.4 Å². The average molecular weight is 468 g/mol. The Bertz CT molecular complexity index is 1690. The molecule has 2 heterocycles. The molecule has 0 spiro atoms. The largest absolute Gasteiger partial charge is 0.459 e. The van der Waals surface area contributed by atoms with E-state index in [0.29, 0.717) is 38.4 Å². The molecule has 0 aliphatic heterocycles. The van der Waals surface area contributed by atoms with Crippen LogP contribution in [-0.4, -0.2) is 16.4 Å². The minimum Gasteiger partial charge on any atom is -0.459 e. The van der Waals surface area contributed by atoms with E-state index < -0.39 is 11.6 Å². The molecule has 174 valence electrons. The van der Waals surface area contributed by atoms with E-state index in [0.717, 1.165) is 0 Å². The van der Waals surface area contributed by atoms with E-state index in [9.17, 15) is 19.2 Å². The molecule has 0 radical (unpaired) electrons. The van der Waals surface area contributed by atoms with Crippen molar-refractivity contribution in [3.8, 4) is 0 Å². The normalized spacial score (nSPS) is 11.1. The second kappa shape index (κ2) is 8.90. The number of anilines is 1. The number of hydrogen-bond donors (Lipinski definition) is 1. The van der Waals surface area contributed by atoms with Crippen molar-refractivity contribution < 1.29 is 18.7 Å². The van der Waals surface area contributed by atoms with Crippen LogP contribution >= 0.6 is 0 Å². The Hall–Kier alpha value is -4.72. The monoisotopic (exact) mass is 468 g/mol. The van der Waals surface area contributed by atoms with Gasteiger partial charge in [0.15, 0.2) is 5.43 Å². The van der Waals surface area contributed by atoms with Crippen LogP contribution in [0.2, 0.25) is 0 Å². The van der Waals surface area contributed by atoms with E-state index in [1.54, 1.807) is 59.2 Å². The molecule has 3 aromatic carbocycles. The molecule has 0 saturated heterocycles. The molecule has 0 unspecified atom stereocenters. The molecule has 35 heavy (non-hydrogen) atoms. The van der Waals surface area contributed by atoms with Gasteiger partial charge in [-0.05, 0) is 36.4 Å². The van der Waals surface area contributed by atoms with Crippen molar-refractivity contribution in [1.82, 2.24) is 4.57 Å². The summed E-state index contributed by atoms with van der Waals surface area (Å²) in [5.74, 6) is -0.778. The quantitative estimate of drug-likeness (QED) is 0.238. The number of fused-ring (bicyclic) bond motifs is 3. The van der Waals surface area contributed by atoms with Gasteiger partial charge in [0.1, 0.15) is 18.7 Å².